The van der Waals surface area contributed by atoms with Crippen LogP contribution in [0, 0.1) is 0 Å². The average Bonchev–Trinajstić information content (AvgIpc) is 2.02. The Balaban J connectivity index is 3.75. The van der Waals surface area contributed by atoms with E-state index in [1.807, 2.05) is 25.1 Å². The van der Waals surface area contributed by atoms with Gasteiger partial charge >= 0.3 is 0 Å². The van der Waals surface area contributed by atoms with Crippen molar-refractivity contribution in [2.45, 2.75) is 13.3 Å². The number of nitrogens with zero attached hydrogens (tertiary/aromatic N) is 1. The van der Waals surface area contributed by atoms with E-state index in [9.17, 15) is 0 Å². The quantitative estimate of drug-likeness (QED) is 0.479. The molecule has 0 heterocycles. The van der Waals surface area contributed by atoms with Crippen molar-refractivity contribution in [3.05, 3.63) is 24.4 Å². The van der Waals surface area contributed by atoms with Gasteiger partial charge in [0, 0.05) is 26.8 Å². The van der Waals surface area contributed by atoms with Gasteiger partial charge in [-0.15, -0.1) is 0 Å². The zero-order valence-electron chi connectivity index (χ0n) is 8.43. The minimum absolute atomic E-state index is 0.912. The molecular formula is C10H20N2. The lowest BCUT2D eigenvalue weighted by molar-refractivity contribution is 0.555. The molecule has 2 heteroatoms. The Morgan fingerprint density at radius 3 is 2.58 bits per heavy atom. The molecule has 0 rings (SSSR count). The van der Waals surface area contributed by atoms with Crippen molar-refractivity contribution in [3.8, 4) is 0 Å². The first-order valence-corrected chi connectivity index (χ1v) is 4.41. The fourth-order valence-electron chi connectivity index (χ4n) is 0.912. The second kappa shape index (κ2) is 6.92. The van der Waals surface area contributed by atoms with E-state index >= 15 is 0 Å². The minimum atomic E-state index is 0.912. The second-order valence-corrected chi connectivity index (χ2v) is 3.05. The predicted octanol–water partition coefficient (Wildman–Crippen LogP) is 1.62. The molecule has 0 aliphatic rings. The third-order valence-corrected chi connectivity index (χ3v) is 1.44. The Bertz CT molecular complexity index is 148. The van der Waals surface area contributed by atoms with Gasteiger partial charge in [0.1, 0.15) is 0 Å². The molecule has 0 aliphatic heterocycles. The van der Waals surface area contributed by atoms with Crippen LogP contribution in [-0.4, -0.2) is 32.1 Å². The number of hydrogen-bond acceptors (Lipinski definition) is 2. The summed E-state index contributed by atoms with van der Waals surface area (Å²) in [7, 11) is 4.03. The molecule has 0 spiro atoms. The molecule has 0 saturated heterocycles. The van der Waals surface area contributed by atoms with Gasteiger partial charge in [0.2, 0.25) is 0 Å². The van der Waals surface area contributed by atoms with Crippen LogP contribution in [0.25, 0.3) is 0 Å². The van der Waals surface area contributed by atoms with Crippen molar-refractivity contribution in [2.24, 2.45) is 0 Å². The molecule has 12 heavy (non-hydrogen) atoms. The predicted molar refractivity (Wildman–Crippen MR) is 55.1 cm³/mol. The lowest BCUT2D eigenvalue weighted by Gasteiger charge is -2.09. The molecule has 0 saturated carbocycles. The molecule has 0 aromatic heterocycles. The van der Waals surface area contributed by atoms with E-state index in [4.69, 9.17) is 0 Å². The van der Waals surface area contributed by atoms with Gasteiger partial charge in [-0.05, 0) is 18.5 Å². The summed E-state index contributed by atoms with van der Waals surface area (Å²) in [6.45, 7) is 7.90. The number of rotatable bonds is 6. The van der Waals surface area contributed by atoms with Gasteiger partial charge in [-0.25, -0.2) is 0 Å². The minimum Gasteiger partial charge on any atom is -0.383 e. The summed E-state index contributed by atoms with van der Waals surface area (Å²) < 4.78 is 0. The molecule has 1 N–H and O–H groups in total. The monoisotopic (exact) mass is 168 g/mol. The highest BCUT2D eigenvalue weighted by molar-refractivity contribution is 5.16. The molecule has 0 aromatic carbocycles. The second-order valence-electron chi connectivity index (χ2n) is 3.05. The first-order valence-electron chi connectivity index (χ1n) is 4.41. The average molecular weight is 168 g/mol. The van der Waals surface area contributed by atoms with Crippen LogP contribution < -0.4 is 5.32 Å². The maximum atomic E-state index is 3.76. The van der Waals surface area contributed by atoms with Crippen LogP contribution in [0.4, 0.5) is 0 Å². The van der Waals surface area contributed by atoms with Crippen LogP contribution in [0.2, 0.25) is 0 Å². The van der Waals surface area contributed by atoms with Gasteiger partial charge in [0.05, 0.1) is 0 Å². The molecule has 0 bridgehead atoms. The van der Waals surface area contributed by atoms with Gasteiger partial charge < -0.3 is 10.2 Å². The first-order chi connectivity index (χ1) is 5.70. The zero-order chi connectivity index (χ0) is 9.40. The molecule has 0 aromatic rings. The van der Waals surface area contributed by atoms with E-state index in [0.29, 0.717) is 0 Å². The molecule has 0 aliphatic carbocycles. The van der Waals surface area contributed by atoms with E-state index in [-0.39, 0.29) is 0 Å². The summed E-state index contributed by atoms with van der Waals surface area (Å²) in [5.74, 6) is 0. The Morgan fingerprint density at radius 1 is 1.50 bits per heavy atom. The van der Waals surface area contributed by atoms with E-state index in [2.05, 4.69) is 25.0 Å². The molecule has 0 unspecified atom stereocenters. The SMILES string of the molecule is C=C/C(=C\N(C)C)CNCCC. The van der Waals surface area contributed by atoms with Crippen LogP contribution in [0.15, 0.2) is 24.4 Å². The number of hydrogen-bond donors (Lipinski definition) is 1. The summed E-state index contributed by atoms with van der Waals surface area (Å²) in [5.41, 5.74) is 1.23. The molecular weight excluding hydrogens is 148 g/mol. The molecule has 0 fully saturated rings. The molecule has 0 radical (unpaired) electrons. The summed E-state index contributed by atoms with van der Waals surface area (Å²) in [6.07, 6.45) is 5.14. The van der Waals surface area contributed by atoms with Crippen molar-refractivity contribution >= 4 is 0 Å². The lowest BCUT2D eigenvalue weighted by Crippen LogP contribution is -2.18. The van der Waals surface area contributed by atoms with Crippen LogP contribution in [0.5, 0.6) is 0 Å². The van der Waals surface area contributed by atoms with Crippen molar-refractivity contribution < 1.29 is 0 Å². The largest absolute Gasteiger partial charge is 0.383 e. The summed E-state index contributed by atoms with van der Waals surface area (Å²) in [4.78, 5) is 2.03. The van der Waals surface area contributed by atoms with Crippen LogP contribution in [0.1, 0.15) is 13.3 Å². The topological polar surface area (TPSA) is 15.3 Å². The molecule has 0 amide bonds. The van der Waals surface area contributed by atoms with Crippen LogP contribution in [0.3, 0.4) is 0 Å². The third kappa shape index (κ3) is 5.98. The number of nitrogens with one attached hydrogen (secondary N) is 1. The third-order valence-electron chi connectivity index (χ3n) is 1.44. The van der Waals surface area contributed by atoms with Crippen molar-refractivity contribution in [3.63, 3.8) is 0 Å². The normalized spacial score (nSPS) is 11.4. The lowest BCUT2D eigenvalue weighted by atomic mass is 10.3. The molecule has 70 valence electrons. The zero-order valence-corrected chi connectivity index (χ0v) is 8.43. The Morgan fingerprint density at radius 2 is 2.17 bits per heavy atom. The van der Waals surface area contributed by atoms with Crippen LogP contribution >= 0.6 is 0 Å². The highest BCUT2D eigenvalue weighted by Gasteiger charge is 1.90. The fraction of sp³-hybridized carbons (Fsp3) is 0.600. The standard InChI is InChI=1S/C10H20N2/c1-5-7-11-8-10(6-2)9-12(3)4/h6,9,11H,2,5,7-8H2,1,3-4H3/b10-9+. The fourth-order valence-corrected chi connectivity index (χ4v) is 0.912. The Hall–Kier alpha value is -0.760. The van der Waals surface area contributed by atoms with E-state index in [1.165, 1.54) is 12.0 Å². The van der Waals surface area contributed by atoms with Crippen molar-refractivity contribution in [1.82, 2.24) is 10.2 Å². The Labute approximate surface area is 76.0 Å². The van der Waals surface area contributed by atoms with Gasteiger partial charge in [-0.1, -0.05) is 19.6 Å². The Kier molecular flexibility index (Phi) is 6.48. The van der Waals surface area contributed by atoms with Crippen molar-refractivity contribution in [2.75, 3.05) is 27.2 Å². The smallest absolute Gasteiger partial charge is 0.0219 e. The van der Waals surface area contributed by atoms with Crippen molar-refractivity contribution in [1.29, 1.82) is 0 Å². The summed E-state index contributed by atoms with van der Waals surface area (Å²) >= 11 is 0. The maximum absolute atomic E-state index is 3.76. The summed E-state index contributed by atoms with van der Waals surface area (Å²) in [6, 6.07) is 0. The highest BCUT2D eigenvalue weighted by Crippen LogP contribution is 1.94. The van der Waals surface area contributed by atoms with E-state index in [1.54, 1.807) is 0 Å². The maximum Gasteiger partial charge on any atom is 0.0219 e. The van der Waals surface area contributed by atoms with Gasteiger partial charge in [0.15, 0.2) is 0 Å². The van der Waals surface area contributed by atoms with Crippen LogP contribution in [-0.2, 0) is 0 Å². The highest BCUT2D eigenvalue weighted by atomic mass is 15.0. The molecule has 2 nitrogen and oxygen atoms in total. The molecule has 0 atom stereocenters. The summed E-state index contributed by atoms with van der Waals surface area (Å²) in [5, 5.41) is 3.33. The van der Waals surface area contributed by atoms with E-state index < -0.39 is 0 Å². The van der Waals surface area contributed by atoms with E-state index in [0.717, 1.165) is 13.1 Å². The van der Waals surface area contributed by atoms with Gasteiger partial charge in [0.25, 0.3) is 0 Å². The van der Waals surface area contributed by atoms with Gasteiger partial charge in [-0.3, -0.25) is 0 Å². The first kappa shape index (κ1) is 11.2. The van der Waals surface area contributed by atoms with Gasteiger partial charge in [-0.2, -0.15) is 0 Å².